The molecule has 4 heteroatoms. The highest BCUT2D eigenvalue weighted by Gasteiger charge is 2.08. The molecule has 2 aromatic carbocycles. The Kier molecular flexibility index (Phi) is 5.52. The zero-order chi connectivity index (χ0) is 16.9. The number of nitrogens with zero attached hydrogens (tertiary/aromatic N) is 2. The average molecular weight is 355 g/mol. The number of halogens is 1. The first-order valence-corrected chi connectivity index (χ1v) is 9.07. The summed E-state index contributed by atoms with van der Waals surface area (Å²) in [6, 6.07) is 14.1. The first-order chi connectivity index (χ1) is 11.6. The van der Waals surface area contributed by atoms with Crippen LogP contribution >= 0.6 is 23.1 Å². The van der Waals surface area contributed by atoms with Crippen molar-refractivity contribution in [2.75, 3.05) is 20.6 Å². The highest BCUT2D eigenvalue weighted by Crippen LogP contribution is 2.31. The van der Waals surface area contributed by atoms with Crippen molar-refractivity contribution < 1.29 is 0 Å². The van der Waals surface area contributed by atoms with Crippen LogP contribution < -0.4 is 0 Å². The maximum Gasteiger partial charge on any atom is 0.0919 e. The molecule has 1 aromatic heterocycles. The van der Waals surface area contributed by atoms with Crippen LogP contribution in [0, 0.1) is 11.8 Å². The summed E-state index contributed by atoms with van der Waals surface area (Å²) >= 11 is 7.48. The Balaban J connectivity index is 1.78. The lowest BCUT2D eigenvalue weighted by atomic mass is 10.1. The van der Waals surface area contributed by atoms with E-state index in [1.807, 2.05) is 24.3 Å². The molecule has 0 bridgehead atoms. The van der Waals surface area contributed by atoms with E-state index >= 15 is 0 Å². The molecule has 0 N–H and O–H groups in total. The Hall–Kier alpha value is -1.86. The molecule has 0 atom stereocenters. The Morgan fingerprint density at radius 1 is 1.12 bits per heavy atom. The van der Waals surface area contributed by atoms with Gasteiger partial charge in [-0.25, -0.2) is 0 Å². The number of hydrogen-bond acceptors (Lipinski definition) is 3. The normalized spacial score (nSPS) is 10.8. The van der Waals surface area contributed by atoms with E-state index in [2.05, 4.69) is 53.4 Å². The van der Waals surface area contributed by atoms with Gasteiger partial charge < -0.3 is 4.90 Å². The van der Waals surface area contributed by atoms with Gasteiger partial charge in [-0.1, -0.05) is 41.6 Å². The molecule has 3 rings (SSSR count). The van der Waals surface area contributed by atoms with Crippen LogP contribution in [0.25, 0.3) is 21.3 Å². The SMILES string of the molecule is CN(C)CCCC#Cc1ccc2c(-c3ccc(Cl)cc3)nsc2c1. The van der Waals surface area contributed by atoms with Gasteiger partial charge in [-0.2, -0.15) is 4.37 Å². The average Bonchev–Trinajstić information content (AvgIpc) is 2.98. The summed E-state index contributed by atoms with van der Waals surface area (Å²) in [4.78, 5) is 2.18. The molecule has 122 valence electrons. The number of benzene rings is 2. The van der Waals surface area contributed by atoms with Crippen LogP contribution in [0.2, 0.25) is 5.02 Å². The van der Waals surface area contributed by atoms with Crippen molar-refractivity contribution in [2.45, 2.75) is 12.8 Å². The molecule has 0 aliphatic rings. The Morgan fingerprint density at radius 2 is 1.92 bits per heavy atom. The number of unbranched alkanes of at least 4 members (excludes halogenated alkanes) is 1. The van der Waals surface area contributed by atoms with Crippen molar-refractivity contribution in [3.05, 3.63) is 53.1 Å². The maximum absolute atomic E-state index is 5.96. The quantitative estimate of drug-likeness (QED) is 0.466. The molecular weight excluding hydrogens is 336 g/mol. The minimum absolute atomic E-state index is 0.741. The number of hydrogen-bond donors (Lipinski definition) is 0. The second kappa shape index (κ2) is 7.81. The van der Waals surface area contributed by atoms with E-state index in [0.29, 0.717) is 0 Å². The minimum Gasteiger partial charge on any atom is -0.309 e. The van der Waals surface area contributed by atoms with Gasteiger partial charge >= 0.3 is 0 Å². The van der Waals surface area contributed by atoms with Gasteiger partial charge in [-0.3, -0.25) is 0 Å². The monoisotopic (exact) mass is 354 g/mol. The molecule has 0 unspecified atom stereocenters. The van der Waals surface area contributed by atoms with Crippen LogP contribution in [0.5, 0.6) is 0 Å². The van der Waals surface area contributed by atoms with Crippen LogP contribution in [0.1, 0.15) is 18.4 Å². The maximum atomic E-state index is 5.96. The molecule has 2 nitrogen and oxygen atoms in total. The van der Waals surface area contributed by atoms with Crippen molar-refractivity contribution >= 4 is 33.2 Å². The van der Waals surface area contributed by atoms with Gasteiger partial charge in [-0.15, -0.1) is 0 Å². The zero-order valence-corrected chi connectivity index (χ0v) is 15.4. The van der Waals surface area contributed by atoms with Crippen molar-refractivity contribution in [2.24, 2.45) is 0 Å². The highest BCUT2D eigenvalue weighted by atomic mass is 35.5. The fourth-order valence-corrected chi connectivity index (χ4v) is 3.44. The lowest BCUT2D eigenvalue weighted by Gasteiger charge is -2.05. The van der Waals surface area contributed by atoms with Gasteiger partial charge in [0.1, 0.15) is 0 Å². The van der Waals surface area contributed by atoms with E-state index in [4.69, 9.17) is 11.6 Å². The third-order valence-corrected chi connectivity index (χ3v) is 4.79. The smallest absolute Gasteiger partial charge is 0.0919 e. The Bertz CT molecular complexity index is 885. The van der Waals surface area contributed by atoms with Crippen LogP contribution in [0.4, 0.5) is 0 Å². The standard InChI is InChI=1S/C20H19ClN2S/c1-23(2)13-5-3-4-6-15-7-12-18-19(14-15)24-22-20(18)16-8-10-17(21)11-9-16/h7-12,14H,3,5,13H2,1-2H3. The minimum atomic E-state index is 0.741. The predicted octanol–water partition coefficient (Wildman–Crippen LogP) is 5.31. The number of aromatic nitrogens is 1. The molecule has 0 aliphatic heterocycles. The van der Waals surface area contributed by atoms with Crippen LogP contribution in [0.3, 0.4) is 0 Å². The molecule has 0 radical (unpaired) electrons. The zero-order valence-electron chi connectivity index (χ0n) is 13.8. The largest absolute Gasteiger partial charge is 0.309 e. The van der Waals surface area contributed by atoms with E-state index < -0.39 is 0 Å². The second-order valence-electron chi connectivity index (χ2n) is 5.96. The van der Waals surface area contributed by atoms with Gasteiger partial charge in [0.15, 0.2) is 0 Å². The summed E-state index contributed by atoms with van der Waals surface area (Å²) in [5.41, 5.74) is 3.16. The molecular formula is C20H19ClN2S. The van der Waals surface area contributed by atoms with Crippen molar-refractivity contribution in [3.63, 3.8) is 0 Å². The molecule has 0 amide bonds. The summed E-state index contributed by atoms with van der Waals surface area (Å²) < 4.78 is 5.78. The van der Waals surface area contributed by atoms with Gasteiger partial charge in [0.2, 0.25) is 0 Å². The van der Waals surface area contributed by atoms with Crippen molar-refractivity contribution in [1.29, 1.82) is 0 Å². The molecule has 1 heterocycles. The van der Waals surface area contributed by atoms with Crippen LogP contribution in [-0.4, -0.2) is 29.9 Å². The van der Waals surface area contributed by atoms with E-state index in [1.54, 1.807) is 0 Å². The van der Waals surface area contributed by atoms with E-state index in [9.17, 15) is 0 Å². The fourth-order valence-electron chi connectivity index (χ4n) is 2.48. The number of fused-ring (bicyclic) bond motifs is 1. The highest BCUT2D eigenvalue weighted by molar-refractivity contribution is 7.13. The molecule has 0 saturated heterocycles. The summed E-state index contributed by atoms with van der Waals surface area (Å²) in [7, 11) is 4.17. The van der Waals surface area contributed by atoms with Crippen molar-refractivity contribution in [1.82, 2.24) is 9.27 Å². The van der Waals surface area contributed by atoms with E-state index in [1.165, 1.54) is 21.6 Å². The van der Waals surface area contributed by atoms with Crippen LogP contribution in [0.15, 0.2) is 42.5 Å². The Morgan fingerprint density at radius 3 is 2.67 bits per heavy atom. The Labute approximate surface area is 152 Å². The summed E-state index contributed by atoms with van der Waals surface area (Å²) in [6.45, 7) is 1.08. The first-order valence-electron chi connectivity index (χ1n) is 7.92. The van der Waals surface area contributed by atoms with Crippen molar-refractivity contribution in [3.8, 4) is 23.1 Å². The molecule has 0 aliphatic carbocycles. The lowest BCUT2D eigenvalue weighted by Crippen LogP contribution is -2.12. The summed E-state index contributed by atoms with van der Waals surface area (Å²) in [5.74, 6) is 6.52. The van der Waals surface area contributed by atoms with Gasteiger partial charge in [0.05, 0.1) is 10.4 Å². The summed E-state index contributed by atoms with van der Waals surface area (Å²) in [5, 5.41) is 1.91. The van der Waals surface area contributed by atoms with E-state index in [0.717, 1.165) is 41.2 Å². The number of rotatable bonds is 4. The predicted molar refractivity (Wildman–Crippen MR) is 105 cm³/mol. The fraction of sp³-hybridized carbons (Fsp3) is 0.250. The van der Waals surface area contributed by atoms with E-state index in [-0.39, 0.29) is 0 Å². The van der Waals surface area contributed by atoms with Gasteiger partial charge in [0.25, 0.3) is 0 Å². The third-order valence-electron chi connectivity index (χ3n) is 3.73. The molecule has 3 aromatic rings. The van der Waals surface area contributed by atoms with Gasteiger partial charge in [-0.05, 0) is 62.9 Å². The van der Waals surface area contributed by atoms with Crippen LogP contribution in [-0.2, 0) is 0 Å². The first kappa shape index (κ1) is 17.0. The lowest BCUT2D eigenvalue weighted by molar-refractivity contribution is 0.403. The second-order valence-corrected chi connectivity index (χ2v) is 7.20. The molecule has 0 fully saturated rings. The topological polar surface area (TPSA) is 16.1 Å². The molecule has 0 saturated carbocycles. The third kappa shape index (κ3) is 4.15. The molecule has 24 heavy (non-hydrogen) atoms. The molecule has 0 spiro atoms. The van der Waals surface area contributed by atoms with Gasteiger partial charge in [0, 0.05) is 28.0 Å². The summed E-state index contributed by atoms with van der Waals surface area (Å²) in [6.07, 6.45) is 2.03.